The molecular formula is C66H131N2O7P. The summed E-state index contributed by atoms with van der Waals surface area (Å²) in [5.41, 5.74) is 0. The highest BCUT2D eigenvalue weighted by molar-refractivity contribution is 7.45. The molecule has 3 atom stereocenters. The molecular weight excluding hydrogens is 964 g/mol. The third kappa shape index (κ3) is 57.4. The van der Waals surface area contributed by atoms with E-state index >= 15 is 0 Å². The fraction of sp³-hybridized carbons (Fsp3) is 0.939. The summed E-state index contributed by atoms with van der Waals surface area (Å²) in [6.07, 6.45) is 66.1. The van der Waals surface area contributed by atoms with Gasteiger partial charge in [0.05, 0.1) is 33.8 Å². The summed E-state index contributed by atoms with van der Waals surface area (Å²) in [5.74, 6) is -0.517. The van der Waals surface area contributed by atoms with E-state index in [1.807, 2.05) is 33.3 Å². The standard InChI is InChI=1S/C66H131N2O7P/c1-7-10-13-16-19-22-25-28-30-31-32-33-34-35-36-37-39-41-44-47-50-53-56-59-66(70)75-64(57-54-51-48-45-42-27-24-21-18-15-12-9-3)63(62-74-76(71,72)73-61-60-68(4,5)6)67-65(69)58-55-52-49-46-43-40-38-29-26-23-20-17-14-11-8-2/h54,57,63-64H,7-53,55-56,58-62H2,1-6H3,(H-,67,69,71,72)/b57-54-. The SMILES string of the molecule is CCCCCCCCCCCC/C=C\C(OC(=O)CCCCCCCCCCCCCCCCCCCCCCCCC)C(COP(=O)([O-])OCC[N+](C)(C)C)NC(=O)CCCCCCCCCCCCCCCCC. The van der Waals surface area contributed by atoms with Gasteiger partial charge in [0.1, 0.15) is 19.3 Å². The van der Waals surface area contributed by atoms with E-state index in [-0.39, 0.29) is 31.5 Å². The van der Waals surface area contributed by atoms with Crippen molar-refractivity contribution in [1.29, 1.82) is 0 Å². The first-order valence-corrected chi connectivity index (χ1v) is 35.0. The number of phosphoric acid groups is 1. The van der Waals surface area contributed by atoms with Crippen molar-refractivity contribution in [2.45, 2.75) is 360 Å². The lowest BCUT2D eigenvalue weighted by Crippen LogP contribution is -2.47. The minimum absolute atomic E-state index is 0.0166. The molecule has 0 saturated heterocycles. The van der Waals surface area contributed by atoms with Gasteiger partial charge in [-0.25, -0.2) is 0 Å². The maximum atomic E-state index is 13.5. The van der Waals surface area contributed by atoms with Gasteiger partial charge in [-0.3, -0.25) is 14.2 Å². The molecule has 9 nitrogen and oxygen atoms in total. The molecule has 0 heterocycles. The van der Waals surface area contributed by atoms with Gasteiger partial charge in [-0.05, 0) is 31.8 Å². The molecule has 0 aliphatic carbocycles. The van der Waals surface area contributed by atoms with Crippen LogP contribution in [0.5, 0.6) is 0 Å². The zero-order valence-corrected chi connectivity index (χ0v) is 52.6. The molecule has 3 unspecified atom stereocenters. The number of hydrogen-bond donors (Lipinski definition) is 1. The summed E-state index contributed by atoms with van der Waals surface area (Å²) in [5, 5.41) is 3.04. The second-order valence-corrected chi connectivity index (χ2v) is 25.8. The highest BCUT2D eigenvalue weighted by atomic mass is 31.2. The average molecular weight is 1100 g/mol. The van der Waals surface area contributed by atoms with Gasteiger partial charge in [-0.1, -0.05) is 316 Å². The van der Waals surface area contributed by atoms with Crippen LogP contribution in [0.1, 0.15) is 348 Å². The van der Waals surface area contributed by atoms with Crippen LogP contribution in [-0.2, 0) is 27.9 Å². The summed E-state index contributed by atoms with van der Waals surface area (Å²) in [4.78, 5) is 40.0. The monoisotopic (exact) mass is 1090 g/mol. The number of likely N-dealkylation sites (N-methyl/N-ethyl adjacent to an activating group) is 1. The number of nitrogens with zero attached hydrogens (tertiary/aromatic N) is 1. The Morgan fingerprint density at radius 2 is 0.750 bits per heavy atom. The summed E-state index contributed by atoms with van der Waals surface area (Å²) in [7, 11) is 1.21. The smallest absolute Gasteiger partial charge is 0.306 e. The van der Waals surface area contributed by atoms with Crippen molar-refractivity contribution in [1.82, 2.24) is 5.32 Å². The van der Waals surface area contributed by atoms with Crippen LogP contribution in [0.2, 0.25) is 0 Å². The van der Waals surface area contributed by atoms with E-state index in [9.17, 15) is 19.0 Å². The number of nitrogens with one attached hydrogen (secondary N) is 1. The summed E-state index contributed by atoms with van der Waals surface area (Å²) < 4.78 is 30.4. The Labute approximate surface area is 473 Å². The van der Waals surface area contributed by atoms with Crippen molar-refractivity contribution in [3.8, 4) is 0 Å². The Balaban J connectivity index is 5.07. The first-order valence-electron chi connectivity index (χ1n) is 33.5. The van der Waals surface area contributed by atoms with Crippen molar-refractivity contribution in [3.63, 3.8) is 0 Å². The molecule has 1 amide bonds. The van der Waals surface area contributed by atoms with Gasteiger partial charge < -0.3 is 28.5 Å². The molecule has 0 aromatic heterocycles. The number of carbonyl (C=O) groups excluding carboxylic acids is 2. The number of quaternary nitrogens is 1. The fourth-order valence-corrected chi connectivity index (χ4v) is 11.0. The van der Waals surface area contributed by atoms with Gasteiger partial charge in [0.15, 0.2) is 0 Å². The lowest BCUT2D eigenvalue weighted by atomic mass is 10.0. The van der Waals surface area contributed by atoms with Crippen molar-refractivity contribution >= 4 is 19.7 Å². The van der Waals surface area contributed by atoms with Crippen LogP contribution >= 0.6 is 7.82 Å². The lowest BCUT2D eigenvalue weighted by Gasteiger charge is -2.30. The zero-order chi connectivity index (χ0) is 55.7. The van der Waals surface area contributed by atoms with E-state index in [0.717, 1.165) is 57.8 Å². The molecule has 0 fully saturated rings. The Hall–Kier alpha value is -1.25. The maximum absolute atomic E-state index is 13.5. The van der Waals surface area contributed by atoms with Gasteiger partial charge in [0, 0.05) is 12.8 Å². The van der Waals surface area contributed by atoms with Gasteiger partial charge in [0.2, 0.25) is 5.91 Å². The predicted octanol–water partition coefficient (Wildman–Crippen LogP) is 20.1. The largest absolute Gasteiger partial charge is 0.756 e. The highest BCUT2D eigenvalue weighted by Crippen LogP contribution is 2.38. The van der Waals surface area contributed by atoms with Crippen LogP contribution in [0.4, 0.5) is 0 Å². The number of phosphoric ester groups is 1. The van der Waals surface area contributed by atoms with Crippen LogP contribution in [0.25, 0.3) is 0 Å². The third-order valence-electron chi connectivity index (χ3n) is 15.5. The van der Waals surface area contributed by atoms with Gasteiger partial charge in [-0.15, -0.1) is 0 Å². The first-order chi connectivity index (χ1) is 36.9. The average Bonchev–Trinajstić information content (AvgIpc) is 3.38. The van der Waals surface area contributed by atoms with Crippen LogP contribution in [0.15, 0.2) is 12.2 Å². The van der Waals surface area contributed by atoms with Crippen LogP contribution in [0.3, 0.4) is 0 Å². The van der Waals surface area contributed by atoms with E-state index in [1.54, 1.807) is 0 Å². The molecule has 1 N–H and O–H groups in total. The highest BCUT2D eigenvalue weighted by Gasteiger charge is 2.27. The number of hydrogen-bond acceptors (Lipinski definition) is 7. The summed E-state index contributed by atoms with van der Waals surface area (Å²) in [6, 6.07) is -0.879. The molecule has 0 rings (SSSR count). The minimum Gasteiger partial charge on any atom is -0.756 e. The fourth-order valence-electron chi connectivity index (χ4n) is 10.3. The second-order valence-electron chi connectivity index (χ2n) is 24.3. The Bertz CT molecular complexity index is 1310. The first kappa shape index (κ1) is 74.8. The number of rotatable bonds is 62. The summed E-state index contributed by atoms with van der Waals surface area (Å²) >= 11 is 0. The minimum atomic E-state index is -4.69. The molecule has 10 heteroatoms. The molecule has 0 aliphatic rings. The molecule has 0 aromatic carbocycles. The van der Waals surface area contributed by atoms with E-state index < -0.39 is 20.0 Å². The third-order valence-corrected chi connectivity index (χ3v) is 16.4. The summed E-state index contributed by atoms with van der Waals surface area (Å²) in [6.45, 7) is 6.91. The lowest BCUT2D eigenvalue weighted by molar-refractivity contribution is -0.870. The van der Waals surface area contributed by atoms with Crippen molar-refractivity contribution < 1.29 is 37.3 Å². The number of unbranched alkanes of at least 4 members (excludes halogenated alkanes) is 46. The maximum Gasteiger partial charge on any atom is 0.306 e. The number of ether oxygens (including phenoxy) is 1. The zero-order valence-electron chi connectivity index (χ0n) is 51.7. The molecule has 0 aliphatic heterocycles. The molecule has 0 spiro atoms. The Morgan fingerprint density at radius 3 is 1.08 bits per heavy atom. The molecule has 0 saturated carbocycles. The molecule has 452 valence electrons. The Kier molecular flexibility index (Phi) is 56.1. The molecule has 76 heavy (non-hydrogen) atoms. The van der Waals surface area contributed by atoms with Gasteiger partial charge in [-0.2, -0.15) is 0 Å². The van der Waals surface area contributed by atoms with Crippen LogP contribution in [-0.4, -0.2) is 69.4 Å². The number of amides is 1. The van der Waals surface area contributed by atoms with E-state index in [4.69, 9.17) is 13.8 Å². The molecule has 0 radical (unpaired) electrons. The quantitative estimate of drug-likeness (QED) is 0.0212. The van der Waals surface area contributed by atoms with E-state index in [0.29, 0.717) is 17.4 Å². The van der Waals surface area contributed by atoms with E-state index in [2.05, 4.69) is 26.1 Å². The van der Waals surface area contributed by atoms with Crippen molar-refractivity contribution in [2.24, 2.45) is 0 Å². The number of allylic oxidation sites excluding steroid dienone is 1. The van der Waals surface area contributed by atoms with Crippen molar-refractivity contribution in [2.75, 3.05) is 40.9 Å². The van der Waals surface area contributed by atoms with Crippen LogP contribution in [0, 0.1) is 0 Å². The Morgan fingerprint density at radius 1 is 0.447 bits per heavy atom. The topological polar surface area (TPSA) is 114 Å². The number of carbonyl (C=O) groups is 2. The van der Waals surface area contributed by atoms with Crippen LogP contribution < -0.4 is 10.2 Å². The predicted molar refractivity (Wildman–Crippen MR) is 326 cm³/mol. The molecule has 0 bridgehead atoms. The van der Waals surface area contributed by atoms with E-state index in [1.165, 1.54) is 257 Å². The normalized spacial score (nSPS) is 13.6. The second kappa shape index (κ2) is 57.0. The molecule has 0 aromatic rings. The van der Waals surface area contributed by atoms with Gasteiger partial charge in [0.25, 0.3) is 7.82 Å². The van der Waals surface area contributed by atoms with Gasteiger partial charge >= 0.3 is 5.97 Å². The van der Waals surface area contributed by atoms with Crippen molar-refractivity contribution in [3.05, 3.63) is 12.2 Å². The number of esters is 1.